The number of hydrogen-bond donors (Lipinski definition) is 0. The normalized spacial score (nSPS) is 16.6. The number of non-ortho nitro benzene ring substituents is 1. The molecule has 0 spiro atoms. The molecule has 2 fully saturated rings. The van der Waals surface area contributed by atoms with Crippen LogP contribution in [0.3, 0.4) is 0 Å². The van der Waals surface area contributed by atoms with Crippen molar-refractivity contribution in [1.29, 1.82) is 0 Å². The molecule has 158 valence electrons. The molecule has 0 N–H and O–H groups in total. The predicted molar refractivity (Wildman–Crippen MR) is 116 cm³/mol. The van der Waals surface area contributed by atoms with Crippen LogP contribution in [0.4, 0.5) is 17.1 Å². The summed E-state index contributed by atoms with van der Waals surface area (Å²) in [6, 6.07) is 12.5. The molecule has 1 amide bonds. The average Bonchev–Trinajstić information content (AvgIpc) is 3.33. The number of carbonyl (C=O) groups excluding carboxylic acids is 1. The maximum Gasteiger partial charge on any atom is 0.270 e. The van der Waals surface area contributed by atoms with Gasteiger partial charge < -0.3 is 19.4 Å². The highest BCUT2D eigenvalue weighted by Gasteiger charge is 2.28. The monoisotopic (exact) mass is 410 g/mol. The summed E-state index contributed by atoms with van der Waals surface area (Å²) in [6.45, 7) is 4.29. The van der Waals surface area contributed by atoms with E-state index >= 15 is 0 Å². The number of rotatable bonds is 5. The quantitative estimate of drug-likeness (QED) is 0.557. The second-order valence-electron chi connectivity index (χ2n) is 7.63. The summed E-state index contributed by atoms with van der Waals surface area (Å²) in [7, 11) is 1.65. The van der Waals surface area contributed by atoms with Crippen molar-refractivity contribution in [3.05, 3.63) is 58.1 Å². The smallest absolute Gasteiger partial charge is 0.270 e. The van der Waals surface area contributed by atoms with Crippen LogP contribution in [0.25, 0.3) is 0 Å². The van der Waals surface area contributed by atoms with Crippen molar-refractivity contribution in [1.82, 2.24) is 4.90 Å². The minimum absolute atomic E-state index is 0.0451. The Labute approximate surface area is 175 Å². The number of amides is 1. The van der Waals surface area contributed by atoms with Crippen LogP contribution in [0.5, 0.6) is 5.75 Å². The van der Waals surface area contributed by atoms with E-state index < -0.39 is 4.92 Å². The summed E-state index contributed by atoms with van der Waals surface area (Å²) in [5, 5.41) is 11.3. The van der Waals surface area contributed by atoms with E-state index in [1.165, 1.54) is 12.1 Å². The first-order valence-electron chi connectivity index (χ1n) is 10.3. The molecule has 30 heavy (non-hydrogen) atoms. The van der Waals surface area contributed by atoms with E-state index in [2.05, 4.69) is 9.80 Å². The summed E-state index contributed by atoms with van der Waals surface area (Å²) in [6.07, 6.45) is 2.15. The van der Waals surface area contributed by atoms with Crippen LogP contribution < -0.4 is 14.5 Å². The first-order chi connectivity index (χ1) is 14.6. The lowest BCUT2D eigenvalue weighted by Gasteiger charge is -2.36. The second kappa shape index (κ2) is 8.61. The lowest BCUT2D eigenvalue weighted by atomic mass is 10.1. The van der Waals surface area contributed by atoms with Gasteiger partial charge in [0.05, 0.1) is 23.3 Å². The van der Waals surface area contributed by atoms with Gasteiger partial charge in [-0.2, -0.15) is 0 Å². The van der Waals surface area contributed by atoms with E-state index in [0.717, 1.165) is 43.1 Å². The highest BCUT2D eigenvalue weighted by Crippen LogP contribution is 2.30. The highest BCUT2D eigenvalue weighted by atomic mass is 16.6. The zero-order valence-corrected chi connectivity index (χ0v) is 17.1. The van der Waals surface area contributed by atoms with Crippen LogP contribution in [0.2, 0.25) is 0 Å². The Hall–Kier alpha value is -3.29. The molecule has 2 saturated heterocycles. The van der Waals surface area contributed by atoms with Gasteiger partial charge in [-0.05, 0) is 31.0 Å². The molecular formula is C22H26N4O4. The van der Waals surface area contributed by atoms with E-state index in [9.17, 15) is 14.9 Å². The van der Waals surface area contributed by atoms with E-state index in [4.69, 9.17) is 4.74 Å². The molecule has 0 bridgehead atoms. The molecule has 0 saturated carbocycles. The average molecular weight is 410 g/mol. The maximum absolute atomic E-state index is 13.3. The molecule has 2 aromatic rings. The van der Waals surface area contributed by atoms with Gasteiger partial charge in [0.1, 0.15) is 5.75 Å². The zero-order chi connectivity index (χ0) is 21.1. The minimum Gasteiger partial charge on any atom is -0.497 e. The molecule has 0 aliphatic carbocycles. The fraction of sp³-hybridized carbons (Fsp3) is 0.409. The van der Waals surface area contributed by atoms with E-state index in [0.29, 0.717) is 31.7 Å². The number of ether oxygens (including phenoxy) is 1. The summed E-state index contributed by atoms with van der Waals surface area (Å²) in [4.78, 5) is 30.4. The maximum atomic E-state index is 13.3. The number of nitro benzene ring substituents is 1. The Kier molecular flexibility index (Phi) is 5.74. The van der Waals surface area contributed by atoms with Gasteiger partial charge >= 0.3 is 0 Å². The summed E-state index contributed by atoms with van der Waals surface area (Å²) < 4.78 is 5.30. The SMILES string of the molecule is COc1cccc(N2CCN(C(=O)c3cc([N+](=O)[O-])ccc3N3CCCC3)CC2)c1. The van der Waals surface area contributed by atoms with Gasteiger partial charge in [-0.15, -0.1) is 0 Å². The number of nitrogens with zero attached hydrogens (tertiary/aromatic N) is 4. The molecular weight excluding hydrogens is 384 g/mol. The van der Waals surface area contributed by atoms with Gasteiger partial charge in [0.25, 0.3) is 11.6 Å². The fourth-order valence-corrected chi connectivity index (χ4v) is 4.19. The summed E-state index contributed by atoms with van der Waals surface area (Å²) in [5.74, 6) is 0.670. The number of nitro groups is 1. The van der Waals surface area contributed by atoms with Gasteiger partial charge in [-0.1, -0.05) is 6.07 Å². The first kappa shape index (κ1) is 20.0. The lowest BCUT2D eigenvalue weighted by Crippen LogP contribution is -2.49. The van der Waals surface area contributed by atoms with Crippen LogP contribution >= 0.6 is 0 Å². The molecule has 0 atom stereocenters. The van der Waals surface area contributed by atoms with Gasteiger partial charge in [-0.25, -0.2) is 0 Å². The van der Waals surface area contributed by atoms with Crippen LogP contribution in [0.15, 0.2) is 42.5 Å². The Morgan fingerprint density at radius 2 is 1.70 bits per heavy atom. The first-order valence-corrected chi connectivity index (χ1v) is 10.3. The highest BCUT2D eigenvalue weighted by molar-refractivity contribution is 6.00. The summed E-state index contributed by atoms with van der Waals surface area (Å²) >= 11 is 0. The molecule has 2 aliphatic rings. The Balaban J connectivity index is 1.52. The minimum atomic E-state index is -0.439. The van der Waals surface area contributed by atoms with E-state index in [1.54, 1.807) is 18.1 Å². The molecule has 8 nitrogen and oxygen atoms in total. The van der Waals surface area contributed by atoms with Crippen molar-refractivity contribution in [2.45, 2.75) is 12.8 Å². The molecule has 0 aromatic heterocycles. The molecule has 2 heterocycles. The predicted octanol–water partition coefficient (Wildman–Crippen LogP) is 3.17. The van der Waals surface area contributed by atoms with Crippen molar-refractivity contribution in [2.24, 2.45) is 0 Å². The molecule has 2 aromatic carbocycles. The summed E-state index contributed by atoms with van der Waals surface area (Å²) in [5.41, 5.74) is 2.25. The van der Waals surface area contributed by atoms with Gasteiger partial charge in [0, 0.05) is 63.2 Å². The van der Waals surface area contributed by atoms with Gasteiger partial charge in [-0.3, -0.25) is 14.9 Å². The Bertz CT molecular complexity index is 934. The van der Waals surface area contributed by atoms with Crippen LogP contribution in [-0.4, -0.2) is 62.1 Å². The lowest BCUT2D eigenvalue weighted by molar-refractivity contribution is -0.384. The molecule has 2 aliphatic heterocycles. The van der Waals surface area contributed by atoms with E-state index in [1.807, 2.05) is 24.3 Å². The third-order valence-electron chi connectivity index (χ3n) is 5.85. The van der Waals surface area contributed by atoms with Crippen molar-refractivity contribution in [3.8, 4) is 5.75 Å². The Morgan fingerprint density at radius 3 is 2.37 bits per heavy atom. The molecule has 0 unspecified atom stereocenters. The number of hydrogen-bond acceptors (Lipinski definition) is 6. The molecule has 0 radical (unpaired) electrons. The number of benzene rings is 2. The van der Waals surface area contributed by atoms with Crippen molar-refractivity contribution < 1.29 is 14.5 Å². The standard InChI is InChI=1S/C22H26N4O4/c1-30-19-6-4-5-17(15-19)23-11-13-25(14-12-23)22(27)20-16-18(26(28)29)7-8-21(20)24-9-2-3-10-24/h4-8,15-16H,2-3,9-14H2,1H3. The molecule has 8 heteroatoms. The fourth-order valence-electron chi connectivity index (χ4n) is 4.19. The van der Waals surface area contributed by atoms with Crippen molar-refractivity contribution in [2.75, 3.05) is 56.2 Å². The zero-order valence-electron chi connectivity index (χ0n) is 17.1. The number of anilines is 2. The van der Waals surface area contributed by atoms with Crippen molar-refractivity contribution in [3.63, 3.8) is 0 Å². The van der Waals surface area contributed by atoms with Crippen LogP contribution in [0, 0.1) is 10.1 Å². The third kappa shape index (κ3) is 4.03. The number of methoxy groups -OCH3 is 1. The van der Waals surface area contributed by atoms with Gasteiger partial charge in [0.2, 0.25) is 0 Å². The number of piperazine rings is 1. The van der Waals surface area contributed by atoms with Crippen LogP contribution in [-0.2, 0) is 0 Å². The van der Waals surface area contributed by atoms with E-state index in [-0.39, 0.29) is 11.6 Å². The van der Waals surface area contributed by atoms with Crippen LogP contribution in [0.1, 0.15) is 23.2 Å². The second-order valence-corrected chi connectivity index (χ2v) is 7.63. The topological polar surface area (TPSA) is 79.2 Å². The largest absolute Gasteiger partial charge is 0.497 e. The molecule has 4 rings (SSSR count). The number of carbonyl (C=O) groups is 1. The third-order valence-corrected chi connectivity index (χ3v) is 5.85. The van der Waals surface area contributed by atoms with Gasteiger partial charge in [0.15, 0.2) is 0 Å². The Morgan fingerprint density at radius 1 is 0.967 bits per heavy atom. The van der Waals surface area contributed by atoms with Crippen molar-refractivity contribution >= 4 is 23.0 Å².